The molecular weight excluding hydrogens is 283 g/mol. The fraction of sp³-hybridized carbons (Fsp3) is 0.500. The highest BCUT2D eigenvalue weighted by atomic mass is 35.5. The van der Waals surface area contributed by atoms with Crippen LogP contribution in [0.4, 0.5) is 4.39 Å². The van der Waals surface area contributed by atoms with Gasteiger partial charge in [0.15, 0.2) is 11.6 Å². The van der Waals surface area contributed by atoms with Crippen molar-refractivity contribution < 1.29 is 13.9 Å². The van der Waals surface area contributed by atoms with Crippen LogP contribution in [-0.4, -0.2) is 43.1 Å². The number of piperazine rings is 1. The number of nitrogens with zero attached hydrogens (tertiary/aromatic N) is 1. The first-order valence-electron chi connectivity index (χ1n) is 6.40. The van der Waals surface area contributed by atoms with Crippen LogP contribution >= 0.6 is 12.4 Å². The molecule has 112 valence electrons. The monoisotopic (exact) mass is 302 g/mol. The van der Waals surface area contributed by atoms with Gasteiger partial charge in [-0.05, 0) is 32.0 Å². The van der Waals surface area contributed by atoms with E-state index in [1.807, 2.05) is 13.8 Å². The first-order valence-corrected chi connectivity index (χ1v) is 6.40. The zero-order chi connectivity index (χ0) is 14.0. The lowest BCUT2D eigenvalue weighted by Crippen LogP contribution is -2.55. The number of carbonyl (C=O) groups is 1. The Bertz CT molecular complexity index is 474. The summed E-state index contributed by atoms with van der Waals surface area (Å²) in [6.45, 7) is 5.34. The molecule has 0 saturated carbocycles. The van der Waals surface area contributed by atoms with Crippen LogP contribution in [0.15, 0.2) is 18.2 Å². The number of hydrogen-bond acceptors (Lipinski definition) is 3. The number of halogens is 2. The van der Waals surface area contributed by atoms with Crippen molar-refractivity contribution in [2.24, 2.45) is 0 Å². The Labute approximate surface area is 124 Å². The SMILES string of the molecule is COc1ccc(C(=O)N2CC(C)NC(C)C2)cc1F.Cl. The second kappa shape index (κ2) is 6.90. The van der Waals surface area contributed by atoms with E-state index >= 15 is 0 Å². The van der Waals surface area contributed by atoms with Crippen molar-refractivity contribution >= 4 is 18.3 Å². The molecule has 1 fully saturated rings. The molecular formula is C14H20ClFN2O2. The van der Waals surface area contributed by atoms with Gasteiger partial charge in [-0.3, -0.25) is 4.79 Å². The quantitative estimate of drug-likeness (QED) is 0.909. The van der Waals surface area contributed by atoms with Gasteiger partial charge in [0.1, 0.15) is 0 Å². The van der Waals surface area contributed by atoms with Gasteiger partial charge in [0, 0.05) is 30.7 Å². The minimum atomic E-state index is -0.510. The van der Waals surface area contributed by atoms with Gasteiger partial charge in [0.2, 0.25) is 0 Å². The van der Waals surface area contributed by atoms with Crippen LogP contribution in [0, 0.1) is 5.82 Å². The average molecular weight is 303 g/mol. The summed E-state index contributed by atoms with van der Waals surface area (Å²) in [7, 11) is 1.40. The first-order chi connectivity index (χ1) is 9.01. The molecule has 2 atom stereocenters. The van der Waals surface area contributed by atoms with Gasteiger partial charge in [-0.15, -0.1) is 12.4 Å². The molecule has 0 bridgehead atoms. The zero-order valence-corrected chi connectivity index (χ0v) is 12.7. The van der Waals surface area contributed by atoms with Crippen LogP contribution in [0.1, 0.15) is 24.2 Å². The van der Waals surface area contributed by atoms with E-state index < -0.39 is 5.82 Å². The van der Waals surface area contributed by atoms with E-state index in [4.69, 9.17) is 4.74 Å². The number of rotatable bonds is 2. The summed E-state index contributed by atoms with van der Waals surface area (Å²) in [4.78, 5) is 14.1. The van der Waals surface area contributed by atoms with Crippen molar-refractivity contribution in [3.05, 3.63) is 29.6 Å². The zero-order valence-electron chi connectivity index (χ0n) is 11.9. The number of amides is 1. The minimum Gasteiger partial charge on any atom is -0.494 e. The molecule has 1 aliphatic heterocycles. The Morgan fingerprint density at radius 3 is 2.45 bits per heavy atom. The van der Waals surface area contributed by atoms with Crippen LogP contribution in [0.5, 0.6) is 5.75 Å². The third-order valence-corrected chi connectivity index (χ3v) is 3.24. The second-order valence-corrected chi connectivity index (χ2v) is 5.03. The number of benzene rings is 1. The lowest BCUT2D eigenvalue weighted by Gasteiger charge is -2.36. The predicted octanol–water partition coefficient (Wildman–Crippen LogP) is 2.08. The maximum absolute atomic E-state index is 13.6. The van der Waals surface area contributed by atoms with Gasteiger partial charge >= 0.3 is 0 Å². The molecule has 0 aromatic heterocycles. The van der Waals surface area contributed by atoms with Gasteiger partial charge in [-0.2, -0.15) is 0 Å². The summed E-state index contributed by atoms with van der Waals surface area (Å²) in [5.74, 6) is -0.495. The smallest absolute Gasteiger partial charge is 0.254 e. The van der Waals surface area contributed by atoms with E-state index in [1.54, 1.807) is 11.0 Å². The largest absolute Gasteiger partial charge is 0.494 e. The molecule has 0 aliphatic carbocycles. The maximum atomic E-state index is 13.6. The molecule has 1 heterocycles. The molecule has 0 radical (unpaired) electrons. The Morgan fingerprint density at radius 2 is 1.95 bits per heavy atom. The lowest BCUT2D eigenvalue weighted by atomic mass is 10.1. The summed E-state index contributed by atoms with van der Waals surface area (Å²) in [5.41, 5.74) is 0.361. The highest BCUT2D eigenvalue weighted by molar-refractivity contribution is 5.94. The number of hydrogen-bond donors (Lipinski definition) is 1. The summed E-state index contributed by atoms with van der Waals surface area (Å²) >= 11 is 0. The molecule has 1 aromatic carbocycles. The molecule has 1 saturated heterocycles. The van der Waals surface area contributed by atoms with Gasteiger partial charge in [0.05, 0.1) is 7.11 Å². The van der Waals surface area contributed by atoms with E-state index in [-0.39, 0.29) is 36.1 Å². The number of nitrogens with one attached hydrogen (secondary N) is 1. The standard InChI is InChI=1S/C14H19FN2O2.ClH/c1-9-7-17(8-10(2)16-9)14(18)11-4-5-13(19-3)12(15)6-11;/h4-6,9-10,16H,7-8H2,1-3H3;1H. The lowest BCUT2D eigenvalue weighted by molar-refractivity contribution is 0.0673. The number of ether oxygens (including phenoxy) is 1. The predicted molar refractivity (Wildman–Crippen MR) is 78.2 cm³/mol. The van der Waals surface area contributed by atoms with Gasteiger partial charge in [-0.25, -0.2) is 4.39 Å². The average Bonchev–Trinajstić information content (AvgIpc) is 2.36. The van der Waals surface area contributed by atoms with E-state index in [9.17, 15) is 9.18 Å². The van der Waals surface area contributed by atoms with Crippen LogP contribution < -0.4 is 10.1 Å². The van der Waals surface area contributed by atoms with Crippen LogP contribution in [0.3, 0.4) is 0 Å². The first kappa shape index (κ1) is 16.7. The van der Waals surface area contributed by atoms with Crippen molar-refractivity contribution in [3.63, 3.8) is 0 Å². The minimum absolute atomic E-state index is 0. The Hall–Kier alpha value is -1.33. The van der Waals surface area contributed by atoms with Crippen LogP contribution in [0.2, 0.25) is 0 Å². The van der Waals surface area contributed by atoms with E-state index in [1.165, 1.54) is 19.2 Å². The van der Waals surface area contributed by atoms with Crippen molar-refractivity contribution in [2.75, 3.05) is 20.2 Å². The molecule has 1 aliphatic rings. The van der Waals surface area contributed by atoms with Gasteiger partial charge in [0.25, 0.3) is 5.91 Å². The van der Waals surface area contributed by atoms with Crippen LogP contribution in [-0.2, 0) is 0 Å². The van der Waals surface area contributed by atoms with E-state index in [2.05, 4.69) is 5.32 Å². The topological polar surface area (TPSA) is 41.6 Å². The highest BCUT2D eigenvalue weighted by Crippen LogP contribution is 2.19. The summed E-state index contributed by atoms with van der Waals surface area (Å²) < 4.78 is 18.5. The third-order valence-electron chi connectivity index (χ3n) is 3.24. The number of methoxy groups -OCH3 is 1. The van der Waals surface area contributed by atoms with Crippen molar-refractivity contribution in [1.29, 1.82) is 0 Å². The highest BCUT2D eigenvalue weighted by Gasteiger charge is 2.25. The molecule has 1 N–H and O–H groups in total. The Balaban J connectivity index is 0.00000200. The molecule has 6 heteroatoms. The molecule has 20 heavy (non-hydrogen) atoms. The molecule has 1 aromatic rings. The molecule has 2 unspecified atom stereocenters. The van der Waals surface area contributed by atoms with Crippen molar-refractivity contribution in [1.82, 2.24) is 10.2 Å². The fourth-order valence-electron chi connectivity index (χ4n) is 2.47. The summed E-state index contributed by atoms with van der Waals surface area (Å²) in [6.07, 6.45) is 0. The van der Waals surface area contributed by atoms with Crippen molar-refractivity contribution in [2.45, 2.75) is 25.9 Å². The summed E-state index contributed by atoms with van der Waals surface area (Å²) in [5, 5.41) is 3.36. The molecule has 2 rings (SSSR count). The molecule has 0 spiro atoms. The van der Waals surface area contributed by atoms with Gasteiger partial charge < -0.3 is 15.0 Å². The summed E-state index contributed by atoms with van der Waals surface area (Å²) in [6, 6.07) is 4.81. The molecule has 1 amide bonds. The molecule has 4 nitrogen and oxygen atoms in total. The number of carbonyl (C=O) groups excluding carboxylic acids is 1. The van der Waals surface area contributed by atoms with Gasteiger partial charge in [-0.1, -0.05) is 0 Å². The van der Waals surface area contributed by atoms with Crippen molar-refractivity contribution in [3.8, 4) is 5.75 Å². The second-order valence-electron chi connectivity index (χ2n) is 5.03. The normalized spacial score (nSPS) is 22.1. The van der Waals surface area contributed by atoms with Crippen LogP contribution in [0.25, 0.3) is 0 Å². The fourth-order valence-corrected chi connectivity index (χ4v) is 2.47. The van der Waals surface area contributed by atoms with E-state index in [0.717, 1.165) is 0 Å². The van der Waals surface area contributed by atoms with E-state index in [0.29, 0.717) is 18.7 Å². The third kappa shape index (κ3) is 3.61. The maximum Gasteiger partial charge on any atom is 0.254 e. The Kier molecular flexibility index (Phi) is 5.77. The Morgan fingerprint density at radius 1 is 1.35 bits per heavy atom.